The zero-order valence-electron chi connectivity index (χ0n) is 11.0. The van der Waals surface area contributed by atoms with Crippen molar-refractivity contribution in [2.45, 2.75) is 65.5 Å². The molecule has 0 saturated heterocycles. The largest absolute Gasteiger partial charge is 0.351 e. The van der Waals surface area contributed by atoms with Gasteiger partial charge in [-0.1, -0.05) is 6.92 Å². The Kier molecular flexibility index (Phi) is 5.29. The molecule has 0 radical (unpaired) electrons. The Bertz CT molecular complexity index is 204. The summed E-state index contributed by atoms with van der Waals surface area (Å²) in [6, 6.07) is 0. The molecule has 0 aliphatic heterocycles. The molecule has 0 aliphatic carbocycles. The first-order chi connectivity index (χ1) is 6.66. The number of rotatable bonds is 5. The average Bonchev–Trinajstić information content (AvgIpc) is 2.00. The summed E-state index contributed by atoms with van der Waals surface area (Å²) < 4.78 is 0. The maximum Gasteiger partial charge on any atom is 0.221 e. The predicted molar refractivity (Wildman–Crippen MR) is 64.9 cm³/mol. The lowest BCUT2D eigenvalue weighted by Gasteiger charge is -2.25. The smallest absolute Gasteiger partial charge is 0.221 e. The summed E-state index contributed by atoms with van der Waals surface area (Å²) in [5.74, 6) is 0.113. The molecule has 90 valence electrons. The van der Waals surface area contributed by atoms with Gasteiger partial charge in [-0.25, -0.2) is 0 Å². The Morgan fingerprint density at radius 2 is 1.67 bits per heavy atom. The Hall–Kier alpha value is -0.570. The molecule has 15 heavy (non-hydrogen) atoms. The summed E-state index contributed by atoms with van der Waals surface area (Å²) in [7, 11) is 0. The number of hydrogen-bond donors (Lipinski definition) is 2. The number of carbonyl (C=O) groups is 1. The zero-order valence-corrected chi connectivity index (χ0v) is 11.0. The van der Waals surface area contributed by atoms with Crippen molar-refractivity contribution in [3.05, 3.63) is 0 Å². The first-order valence-corrected chi connectivity index (χ1v) is 5.72. The standard InChI is InChI=1S/C12H26N2O/c1-7-12(5,6)13-9-8-10(15)14-11(2,3)4/h13H,7-9H2,1-6H3,(H,14,15). The summed E-state index contributed by atoms with van der Waals surface area (Å²) >= 11 is 0. The SMILES string of the molecule is CCC(C)(C)NCCC(=O)NC(C)(C)C. The summed E-state index contributed by atoms with van der Waals surface area (Å²) in [4.78, 5) is 11.5. The minimum absolute atomic E-state index is 0.113. The molecule has 0 fully saturated rings. The first-order valence-electron chi connectivity index (χ1n) is 5.72. The van der Waals surface area contributed by atoms with Crippen molar-refractivity contribution in [2.75, 3.05) is 6.54 Å². The van der Waals surface area contributed by atoms with Gasteiger partial charge in [-0.15, -0.1) is 0 Å². The summed E-state index contributed by atoms with van der Waals surface area (Å²) in [5, 5.41) is 6.31. The van der Waals surface area contributed by atoms with Crippen LogP contribution in [0.25, 0.3) is 0 Å². The van der Waals surface area contributed by atoms with Gasteiger partial charge < -0.3 is 10.6 Å². The molecule has 0 aliphatic rings. The van der Waals surface area contributed by atoms with Gasteiger partial charge in [-0.2, -0.15) is 0 Å². The van der Waals surface area contributed by atoms with E-state index >= 15 is 0 Å². The van der Waals surface area contributed by atoms with E-state index in [1.54, 1.807) is 0 Å². The fraction of sp³-hybridized carbons (Fsp3) is 0.917. The van der Waals surface area contributed by atoms with E-state index in [4.69, 9.17) is 0 Å². The molecule has 0 unspecified atom stereocenters. The molecule has 0 aromatic rings. The second-order valence-electron chi connectivity index (χ2n) is 5.71. The fourth-order valence-electron chi connectivity index (χ4n) is 1.12. The molecule has 2 N–H and O–H groups in total. The van der Waals surface area contributed by atoms with E-state index in [-0.39, 0.29) is 17.0 Å². The highest BCUT2D eigenvalue weighted by Gasteiger charge is 2.16. The Labute approximate surface area is 94.0 Å². The highest BCUT2D eigenvalue weighted by atomic mass is 16.1. The molecule has 0 bridgehead atoms. The quantitative estimate of drug-likeness (QED) is 0.735. The maximum atomic E-state index is 11.5. The maximum absolute atomic E-state index is 11.5. The van der Waals surface area contributed by atoms with Gasteiger partial charge in [0.2, 0.25) is 5.91 Å². The molecule has 0 aromatic carbocycles. The van der Waals surface area contributed by atoms with Crippen molar-refractivity contribution in [1.29, 1.82) is 0 Å². The van der Waals surface area contributed by atoms with Gasteiger partial charge in [0.05, 0.1) is 0 Å². The molecular weight excluding hydrogens is 188 g/mol. The normalized spacial score (nSPS) is 12.7. The molecule has 0 saturated carbocycles. The number of carbonyl (C=O) groups excluding carboxylic acids is 1. The minimum Gasteiger partial charge on any atom is -0.351 e. The van der Waals surface area contributed by atoms with Gasteiger partial charge in [-0.3, -0.25) is 4.79 Å². The second kappa shape index (κ2) is 5.50. The van der Waals surface area contributed by atoms with Crippen LogP contribution in [0.3, 0.4) is 0 Å². The highest BCUT2D eigenvalue weighted by molar-refractivity contribution is 5.76. The van der Waals surface area contributed by atoms with Crippen molar-refractivity contribution in [3.8, 4) is 0 Å². The van der Waals surface area contributed by atoms with Crippen molar-refractivity contribution < 1.29 is 4.79 Å². The number of amides is 1. The third kappa shape index (κ3) is 8.43. The van der Waals surface area contributed by atoms with Crippen LogP contribution >= 0.6 is 0 Å². The van der Waals surface area contributed by atoms with E-state index in [2.05, 4.69) is 31.4 Å². The molecule has 1 amide bonds. The average molecular weight is 214 g/mol. The van der Waals surface area contributed by atoms with E-state index in [9.17, 15) is 4.79 Å². The van der Waals surface area contributed by atoms with Crippen LogP contribution in [0.15, 0.2) is 0 Å². The zero-order chi connectivity index (χ0) is 12.1. The second-order valence-corrected chi connectivity index (χ2v) is 5.71. The van der Waals surface area contributed by atoms with Crippen LogP contribution in [0.5, 0.6) is 0 Å². The predicted octanol–water partition coefficient (Wildman–Crippen LogP) is 2.07. The number of hydrogen-bond acceptors (Lipinski definition) is 2. The van der Waals surface area contributed by atoms with Gasteiger partial charge in [0.15, 0.2) is 0 Å². The summed E-state index contributed by atoms with van der Waals surface area (Å²) in [5.41, 5.74) is -0.000625. The van der Waals surface area contributed by atoms with Crippen molar-refractivity contribution in [1.82, 2.24) is 10.6 Å². The van der Waals surface area contributed by atoms with E-state index in [1.807, 2.05) is 20.8 Å². The van der Waals surface area contributed by atoms with Crippen molar-refractivity contribution in [3.63, 3.8) is 0 Å². The summed E-state index contributed by atoms with van der Waals surface area (Å²) in [6.45, 7) is 13.2. The van der Waals surface area contributed by atoms with Crippen LogP contribution in [0.4, 0.5) is 0 Å². The van der Waals surface area contributed by atoms with Gasteiger partial charge in [0.25, 0.3) is 0 Å². The molecule has 0 heterocycles. The Morgan fingerprint density at radius 1 is 1.13 bits per heavy atom. The lowest BCUT2D eigenvalue weighted by atomic mass is 10.0. The summed E-state index contributed by atoms with van der Waals surface area (Å²) in [6.07, 6.45) is 1.61. The third-order valence-corrected chi connectivity index (χ3v) is 2.35. The lowest BCUT2D eigenvalue weighted by Crippen LogP contribution is -2.44. The van der Waals surface area contributed by atoms with Gasteiger partial charge in [0, 0.05) is 24.0 Å². The van der Waals surface area contributed by atoms with Gasteiger partial charge in [0.1, 0.15) is 0 Å². The Balaban J connectivity index is 3.74. The molecule has 3 heteroatoms. The molecule has 0 spiro atoms. The van der Waals surface area contributed by atoms with E-state index < -0.39 is 0 Å². The molecular formula is C12H26N2O. The number of nitrogens with one attached hydrogen (secondary N) is 2. The monoisotopic (exact) mass is 214 g/mol. The van der Waals surface area contributed by atoms with Crippen LogP contribution in [0, 0.1) is 0 Å². The van der Waals surface area contributed by atoms with E-state index in [1.165, 1.54) is 0 Å². The fourth-order valence-corrected chi connectivity index (χ4v) is 1.12. The van der Waals surface area contributed by atoms with Gasteiger partial charge >= 0.3 is 0 Å². The molecule has 0 aromatic heterocycles. The molecule has 0 rings (SSSR count). The topological polar surface area (TPSA) is 41.1 Å². The van der Waals surface area contributed by atoms with E-state index in [0.717, 1.165) is 13.0 Å². The Morgan fingerprint density at radius 3 is 2.07 bits per heavy atom. The van der Waals surface area contributed by atoms with Crippen molar-refractivity contribution >= 4 is 5.91 Å². The van der Waals surface area contributed by atoms with Crippen LogP contribution in [0.1, 0.15) is 54.4 Å². The van der Waals surface area contributed by atoms with Gasteiger partial charge in [-0.05, 0) is 41.0 Å². The molecule has 3 nitrogen and oxygen atoms in total. The van der Waals surface area contributed by atoms with E-state index in [0.29, 0.717) is 6.42 Å². The highest BCUT2D eigenvalue weighted by Crippen LogP contribution is 2.06. The first kappa shape index (κ1) is 14.4. The minimum atomic E-state index is -0.128. The van der Waals surface area contributed by atoms with Crippen LogP contribution in [-0.4, -0.2) is 23.5 Å². The van der Waals surface area contributed by atoms with Crippen LogP contribution in [-0.2, 0) is 4.79 Å². The third-order valence-electron chi connectivity index (χ3n) is 2.35. The van der Waals surface area contributed by atoms with Crippen molar-refractivity contribution in [2.24, 2.45) is 0 Å². The van der Waals surface area contributed by atoms with Crippen LogP contribution < -0.4 is 10.6 Å². The van der Waals surface area contributed by atoms with Crippen LogP contribution in [0.2, 0.25) is 0 Å². The lowest BCUT2D eigenvalue weighted by molar-refractivity contribution is -0.122. The molecule has 0 atom stereocenters.